The van der Waals surface area contributed by atoms with Gasteiger partial charge < -0.3 is 9.84 Å². The highest BCUT2D eigenvalue weighted by Crippen LogP contribution is 2.11. The summed E-state index contributed by atoms with van der Waals surface area (Å²) in [5, 5.41) is 8.63. The van der Waals surface area contributed by atoms with Gasteiger partial charge >= 0.3 is 0 Å². The third kappa shape index (κ3) is 4.83. The van der Waals surface area contributed by atoms with Gasteiger partial charge in [0.15, 0.2) is 0 Å². The zero-order valence-corrected chi connectivity index (χ0v) is 10.2. The zero-order chi connectivity index (χ0) is 13.2. The minimum Gasteiger partial charge on any atom is -0.508 e. The second-order valence-corrected chi connectivity index (χ2v) is 3.51. The number of aromatic hydroxyl groups is 1. The summed E-state index contributed by atoms with van der Waals surface area (Å²) in [5.41, 5.74) is 0.564. The lowest BCUT2D eigenvalue weighted by molar-refractivity contribution is 0.123. The van der Waals surface area contributed by atoms with Gasteiger partial charge in [-0.05, 0) is 25.1 Å². The van der Waals surface area contributed by atoms with E-state index in [1.54, 1.807) is 36.4 Å². The molecule has 0 fully saturated rings. The highest BCUT2D eigenvalue weighted by atomic mass is 16.5. The quantitative estimate of drug-likeness (QED) is 0.813. The third-order valence-corrected chi connectivity index (χ3v) is 2.20. The number of allylic oxidation sites excluding steroid dienone is 2. The van der Waals surface area contributed by atoms with E-state index in [-0.39, 0.29) is 6.10 Å². The molecule has 0 spiro atoms. The molecule has 94 valence electrons. The average Bonchev–Trinajstić information content (AvgIpc) is 2.41. The molecule has 1 unspecified atom stereocenters. The Bertz CT molecular complexity index is 454. The Morgan fingerprint density at radius 3 is 2.50 bits per heavy atom. The average molecular weight is 244 g/mol. The lowest BCUT2D eigenvalue weighted by Gasteiger charge is -2.12. The number of hydrogen-bond donors (Lipinski definition) is 1. The van der Waals surface area contributed by atoms with Gasteiger partial charge in [0.2, 0.25) is 0 Å². The van der Waals surface area contributed by atoms with Crippen molar-refractivity contribution < 1.29 is 14.6 Å². The number of rotatable bonds is 2. The molecule has 1 aromatic carbocycles. The van der Waals surface area contributed by atoms with Crippen LogP contribution < -0.4 is 0 Å². The van der Waals surface area contributed by atoms with E-state index in [2.05, 4.69) is 0 Å². The van der Waals surface area contributed by atoms with Crippen LogP contribution in [0.3, 0.4) is 0 Å². The summed E-state index contributed by atoms with van der Waals surface area (Å²) in [6.07, 6.45) is 7.02. The summed E-state index contributed by atoms with van der Waals surface area (Å²) in [7, 11) is 0. The molecule has 0 saturated carbocycles. The summed E-state index contributed by atoms with van der Waals surface area (Å²) < 4.78 is 5.25. The molecule has 0 heterocycles. The van der Waals surface area contributed by atoms with E-state index in [1.165, 1.54) is 0 Å². The minimum absolute atomic E-state index is 0.192. The van der Waals surface area contributed by atoms with E-state index in [1.807, 2.05) is 31.1 Å². The molecule has 18 heavy (non-hydrogen) atoms. The summed E-state index contributed by atoms with van der Waals surface area (Å²) in [4.78, 5) is 10.3. The van der Waals surface area contributed by atoms with Crippen molar-refractivity contribution in [3.05, 3.63) is 60.2 Å². The highest BCUT2D eigenvalue weighted by molar-refractivity contribution is 5.61. The van der Waals surface area contributed by atoms with Crippen molar-refractivity contribution in [3.63, 3.8) is 0 Å². The number of hydrogen-bond acceptors (Lipinski definition) is 3. The first-order valence-electron chi connectivity index (χ1n) is 5.73. The molecule has 1 aromatic rings. The van der Waals surface area contributed by atoms with Gasteiger partial charge in [0.25, 0.3) is 0 Å². The van der Waals surface area contributed by atoms with Crippen molar-refractivity contribution in [3.8, 4) is 5.75 Å². The maximum absolute atomic E-state index is 10.3. The van der Waals surface area contributed by atoms with Crippen LogP contribution >= 0.6 is 0 Å². The number of benzene rings is 1. The minimum atomic E-state index is -0.192. The molecule has 0 radical (unpaired) electrons. The van der Waals surface area contributed by atoms with E-state index in [0.29, 0.717) is 17.9 Å². The molecule has 3 nitrogen and oxygen atoms in total. The molecule has 1 N–H and O–H groups in total. The number of para-hydroxylation sites is 1. The van der Waals surface area contributed by atoms with Crippen LogP contribution in [0, 0.1) is 0 Å². The third-order valence-electron chi connectivity index (χ3n) is 2.20. The Morgan fingerprint density at radius 1 is 1.28 bits per heavy atom. The van der Waals surface area contributed by atoms with Crippen molar-refractivity contribution in [1.82, 2.24) is 0 Å². The van der Waals surface area contributed by atoms with E-state index >= 15 is 0 Å². The van der Waals surface area contributed by atoms with Crippen LogP contribution in [0.2, 0.25) is 0 Å². The second-order valence-electron chi connectivity index (χ2n) is 3.51. The van der Waals surface area contributed by atoms with Gasteiger partial charge in [0.05, 0.1) is 5.57 Å². The first-order valence-corrected chi connectivity index (χ1v) is 5.73. The normalized spacial score (nSPS) is 16.7. The van der Waals surface area contributed by atoms with Crippen molar-refractivity contribution in [2.24, 2.45) is 0 Å². The van der Waals surface area contributed by atoms with Gasteiger partial charge in [-0.1, -0.05) is 36.4 Å². The molecular formula is C15H16O3. The first kappa shape index (κ1) is 14.0. The van der Waals surface area contributed by atoms with Gasteiger partial charge in [-0.3, -0.25) is 0 Å². The molecule has 2 rings (SSSR count). The number of ether oxygens (including phenoxy) is 1. The van der Waals surface area contributed by atoms with Gasteiger partial charge in [-0.25, -0.2) is 4.79 Å². The Balaban J connectivity index is 0.000000199. The fraction of sp³-hybridized carbons (Fsp3) is 0.200. The molecule has 1 aliphatic carbocycles. The summed E-state index contributed by atoms with van der Waals surface area (Å²) >= 11 is 0. The Kier molecular flexibility index (Phi) is 6.26. The van der Waals surface area contributed by atoms with Crippen molar-refractivity contribution in [1.29, 1.82) is 0 Å². The summed E-state index contributed by atoms with van der Waals surface area (Å²) in [6, 6.07) is 8.71. The smallest absolute Gasteiger partial charge is 0.131 e. The van der Waals surface area contributed by atoms with Crippen molar-refractivity contribution in [2.75, 3.05) is 6.61 Å². The highest BCUT2D eigenvalue weighted by Gasteiger charge is 2.10. The van der Waals surface area contributed by atoms with Gasteiger partial charge in [-0.15, -0.1) is 0 Å². The zero-order valence-electron chi connectivity index (χ0n) is 10.2. The van der Waals surface area contributed by atoms with Gasteiger partial charge in [-0.2, -0.15) is 0 Å². The number of phenols is 1. The second kappa shape index (κ2) is 8.07. The maximum Gasteiger partial charge on any atom is 0.131 e. The largest absolute Gasteiger partial charge is 0.508 e. The fourth-order valence-electron chi connectivity index (χ4n) is 1.37. The fourth-order valence-corrected chi connectivity index (χ4v) is 1.37. The number of phenolic OH excluding ortho intramolecular Hbond substituents is 1. The topological polar surface area (TPSA) is 46.5 Å². The first-order chi connectivity index (χ1) is 8.77. The molecule has 0 saturated heterocycles. The predicted octanol–water partition coefficient (Wildman–Crippen LogP) is 2.67. The molecule has 0 aliphatic heterocycles. The van der Waals surface area contributed by atoms with Crippen LogP contribution in [0.5, 0.6) is 5.75 Å². The van der Waals surface area contributed by atoms with Crippen LogP contribution in [0.25, 0.3) is 0 Å². The van der Waals surface area contributed by atoms with E-state index in [0.717, 1.165) is 0 Å². The van der Waals surface area contributed by atoms with Crippen LogP contribution in [0.4, 0.5) is 0 Å². The maximum atomic E-state index is 10.3. The Morgan fingerprint density at radius 2 is 2.00 bits per heavy atom. The molecule has 1 aliphatic rings. The molecule has 1 atom stereocenters. The monoisotopic (exact) mass is 244 g/mol. The summed E-state index contributed by atoms with van der Waals surface area (Å²) in [5.74, 6) is 2.16. The Labute approximate surface area is 107 Å². The van der Waals surface area contributed by atoms with Gasteiger partial charge in [0, 0.05) is 6.61 Å². The van der Waals surface area contributed by atoms with Crippen LogP contribution in [-0.2, 0) is 9.53 Å². The van der Waals surface area contributed by atoms with Gasteiger partial charge in [0.1, 0.15) is 17.8 Å². The standard InChI is InChI=1S/C9H10O2.C6H6O/c1-2-11-9-6-4-3-5-8(9)7-10;7-6-4-2-1-3-5-6/h3-6,9H,2H2,1H3;1-5,7H. The summed E-state index contributed by atoms with van der Waals surface area (Å²) in [6.45, 7) is 2.50. The number of carbonyl (C=O) groups excluding carboxylic acids is 1. The molecular weight excluding hydrogens is 228 g/mol. The van der Waals surface area contributed by atoms with Crippen molar-refractivity contribution >= 4 is 5.94 Å². The Hall–Kier alpha value is -2.09. The molecule has 3 heteroatoms. The van der Waals surface area contributed by atoms with Crippen molar-refractivity contribution in [2.45, 2.75) is 13.0 Å². The van der Waals surface area contributed by atoms with E-state index in [9.17, 15) is 4.79 Å². The van der Waals surface area contributed by atoms with Crippen LogP contribution in [0.15, 0.2) is 60.2 Å². The lowest BCUT2D eigenvalue weighted by atomic mass is 10.1. The SMILES string of the molecule is CCOC1C=CC=CC1=C=O.Oc1ccccc1. The van der Waals surface area contributed by atoms with Crippen LogP contribution in [0.1, 0.15) is 6.92 Å². The molecule has 0 bridgehead atoms. The molecule has 0 aromatic heterocycles. The van der Waals surface area contributed by atoms with Crippen LogP contribution in [-0.4, -0.2) is 23.8 Å². The van der Waals surface area contributed by atoms with E-state index in [4.69, 9.17) is 9.84 Å². The molecule has 0 amide bonds. The lowest BCUT2D eigenvalue weighted by Crippen LogP contribution is -2.13. The van der Waals surface area contributed by atoms with E-state index < -0.39 is 0 Å². The predicted molar refractivity (Wildman–Crippen MR) is 71.0 cm³/mol.